The van der Waals surface area contributed by atoms with Crippen molar-refractivity contribution in [2.45, 2.75) is 45.8 Å². The number of anilines is 1. The third-order valence-electron chi connectivity index (χ3n) is 5.50. The predicted octanol–water partition coefficient (Wildman–Crippen LogP) is 5.44. The van der Waals surface area contributed by atoms with E-state index in [0.29, 0.717) is 26.1 Å². The molecule has 1 aliphatic heterocycles. The lowest BCUT2D eigenvalue weighted by molar-refractivity contribution is -0.123. The average molecular weight is 599 g/mol. The molecule has 1 atom stereocenters. The molecule has 9 heteroatoms. The van der Waals surface area contributed by atoms with Crippen LogP contribution >= 0.6 is 31.9 Å². The van der Waals surface area contributed by atoms with Crippen molar-refractivity contribution in [3.8, 4) is 0 Å². The first-order valence-corrected chi connectivity index (χ1v) is 12.8. The van der Waals surface area contributed by atoms with Gasteiger partial charge in [0.2, 0.25) is 5.91 Å². The molecule has 2 aromatic rings. The van der Waals surface area contributed by atoms with Crippen molar-refractivity contribution in [2.24, 2.45) is 0 Å². The summed E-state index contributed by atoms with van der Waals surface area (Å²) in [6.45, 7) is 8.73. The molecule has 1 N–H and O–H groups in total. The Morgan fingerprint density at radius 1 is 1.12 bits per heavy atom. The summed E-state index contributed by atoms with van der Waals surface area (Å²) in [5, 5.41) is 3.01. The van der Waals surface area contributed by atoms with E-state index in [0.717, 1.165) is 25.8 Å². The van der Waals surface area contributed by atoms with Crippen molar-refractivity contribution in [1.82, 2.24) is 10.2 Å². The molecule has 34 heavy (non-hydrogen) atoms. The Morgan fingerprint density at radius 2 is 1.85 bits per heavy atom. The molecule has 1 heterocycles. The SMILES string of the molecule is Cc1cc(F)ccc1N1CCN(C(=O)OC(C)(C)C)CC1C(=O)NCCc1ccc(Br)c(Br)c1. The minimum Gasteiger partial charge on any atom is -0.444 e. The maximum atomic E-state index is 13.7. The fourth-order valence-electron chi connectivity index (χ4n) is 3.87. The van der Waals surface area contributed by atoms with Crippen LogP contribution in [0.5, 0.6) is 0 Å². The summed E-state index contributed by atoms with van der Waals surface area (Å²) in [7, 11) is 0. The van der Waals surface area contributed by atoms with Gasteiger partial charge in [-0.3, -0.25) is 4.79 Å². The number of nitrogens with zero attached hydrogens (tertiary/aromatic N) is 2. The zero-order valence-electron chi connectivity index (χ0n) is 19.8. The highest BCUT2D eigenvalue weighted by Crippen LogP contribution is 2.27. The number of amides is 2. The number of hydrogen-bond donors (Lipinski definition) is 1. The molecule has 1 saturated heterocycles. The van der Waals surface area contributed by atoms with E-state index in [2.05, 4.69) is 37.2 Å². The normalized spacial score (nSPS) is 16.4. The van der Waals surface area contributed by atoms with E-state index in [9.17, 15) is 14.0 Å². The number of aryl methyl sites for hydroxylation is 1. The van der Waals surface area contributed by atoms with Crippen LogP contribution in [0.3, 0.4) is 0 Å². The Kier molecular flexibility index (Phi) is 8.62. The van der Waals surface area contributed by atoms with Gasteiger partial charge in [0.15, 0.2) is 0 Å². The predicted molar refractivity (Wildman–Crippen MR) is 139 cm³/mol. The highest BCUT2D eigenvalue weighted by Gasteiger charge is 2.36. The van der Waals surface area contributed by atoms with Gasteiger partial charge in [-0.2, -0.15) is 0 Å². The van der Waals surface area contributed by atoms with Gasteiger partial charge in [0.1, 0.15) is 17.5 Å². The minimum atomic E-state index is -0.627. The fraction of sp³-hybridized carbons (Fsp3) is 0.440. The van der Waals surface area contributed by atoms with Crippen LogP contribution in [-0.4, -0.2) is 54.7 Å². The Bertz CT molecular complexity index is 1060. The van der Waals surface area contributed by atoms with E-state index in [4.69, 9.17) is 4.74 Å². The molecule has 3 rings (SSSR count). The van der Waals surface area contributed by atoms with Crippen LogP contribution in [0.2, 0.25) is 0 Å². The molecule has 1 fully saturated rings. The smallest absolute Gasteiger partial charge is 0.410 e. The van der Waals surface area contributed by atoms with Crippen molar-refractivity contribution in [1.29, 1.82) is 0 Å². The van der Waals surface area contributed by atoms with Crippen LogP contribution in [0.4, 0.5) is 14.9 Å². The van der Waals surface area contributed by atoms with Gasteiger partial charge in [0.05, 0.1) is 6.54 Å². The second-order valence-electron chi connectivity index (χ2n) is 9.36. The highest BCUT2D eigenvalue weighted by molar-refractivity contribution is 9.13. The molecule has 0 aliphatic carbocycles. The maximum absolute atomic E-state index is 13.7. The molecule has 184 valence electrons. The summed E-state index contributed by atoms with van der Waals surface area (Å²) in [5.41, 5.74) is 1.98. The van der Waals surface area contributed by atoms with Crippen LogP contribution in [0.1, 0.15) is 31.9 Å². The van der Waals surface area contributed by atoms with Gasteiger partial charge < -0.3 is 19.9 Å². The number of hydrogen-bond acceptors (Lipinski definition) is 4. The van der Waals surface area contributed by atoms with Crippen molar-refractivity contribution < 1.29 is 18.7 Å². The number of benzene rings is 2. The average Bonchev–Trinajstić information content (AvgIpc) is 2.74. The first-order valence-electron chi connectivity index (χ1n) is 11.2. The van der Waals surface area contributed by atoms with Gasteiger partial charge in [-0.1, -0.05) is 6.07 Å². The van der Waals surface area contributed by atoms with Crippen LogP contribution in [0, 0.1) is 12.7 Å². The first kappa shape index (κ1) is 26.5. The third-order valence-corrected chi connectivity index (χ3v) is 7.38. The van der Waals surface area contributed by atoms with Crippen molar-refractivity contribution in [2.75, 3.05) is 31.1 Å². The van der Waals surface area contributed by atoms with E-state index in [-0.39, 0.29) is 18.3 Å². The van der Waals surface area contributed by atoms with Gasteiger partial charge in [0, 0.05) is 34.3 Å². The van der Waals surface area contributed by atoms with Crippen LogP contribution in [0.25, 0.3) is 0 Å². The standard InChI is InChI=1S/C25H30Br2FN3O3/c1-16-13-18(28)6-8-21(16)31-12-11-30(24(33)34-25(2,3)4)15-22(31)23(32)29-10-9-17-5-7-19(26)20(27)14-17/h5-8,13-14,22H,9-12,15H2,1-4H3,(H,29,32). The van der Waals surface area contributed by atoms with Crippen LogP contribution in [0.15, 0.2) is 45.3 Å². The number of piperazine rings is 1. The van der Waals surface area contributed by atoms with Crippen molar-refractivity contribution >= 4 is 49.5 Å². The zero-order chi connectivity index (χ0) is 25.0. The summed E-state index contributed by atoms with van der Waals surface area (Å²) in [4.78, 5) is 29.5. The van der Waals surface area contributed by atoms with Crippen LogP contribution in [-0.2, 0) is 16.0 Å². The molecule has 2 amide bonds. The molecule has 0 bridgehead atoms. The largest absolute Gasteiger partial charge is 0.444 e. The second-order valence-corrected chi connectivity index (χ2v) is 11.1. The molecule has 1 unspecified atom stereocenters. The zero-order valence-corrected chi connectivity index (χ0v) is 23.0. The molecule has 1 aliphatic rings. The number of halogens is 3. The van der Waals surface area contributed by atoms with Crippen molar-refractivity contribution in [3.05, 3.63) is 62.3 Å². The number of carbonyl (C=O) groups excluding carboxylic acids is 2. The lowest BCUT2D eigenvalue weighted by Gasteiger charge is -2.42. The summed E-state index contributed by atoms with van der Waals surface area (Å²) < 4.78 is 21.1. The van der Waals surface area contributed by atoms with Crippen molar-refractivity contribution in [3.63, 3.8) is 0 Å². The highest BCUT2D eigenvalue weighted by atomic mass is 79.9. The lowest BCUT2D eigenvalue weighted by Crippen LogP contribution is -2.61. The molecule has 0 spiro atoms. The van der Waals surface area contributed by atoms with Gasteiger partial charge in [-0.15, -0.1) is 0 Å². The van der Waals surface area contributed by atoms with E-state index < -0.39 is 17.7 Å². The van der Waals surface area contributed by atoms with Crippen LogP contribution < -0.4 is 10.2 Å². The summed E-state index contributed by atoms with van der Waals surface area (Å²) in [6, 6.07) is 9.88. The maximum Gasteiger partial charge on any atom is 0.410 e. The summed E-state index contributed by atoms with van der Waals surface area (Å²) >= 11 is 6.96. The Balaban J connectivity index is 1.75. The number of rotatable bonds is 5. The molecule has 2 aromatic carbocycles. The quantitative estimate of drug-likeness (QED) is 0.498. The monoisotopic (exact) mass is 597 g/mol. The summed E-state index contributed by atoms with van der Waals surface area (Å²) in [6.07, 6.45) is 0.218. The first-order chi connectivity index (χ1) is 15.9. The van der Waals surface area contributed by atoms with Gasteiger partial charge in [-0.05, 0) is 107 Å². The van der Waals surface area contributed by atoms with E-state index >= 15 is 0 Å². The Hall–Kier alpha value is -2.13. The Morgan fingerprint density at radius 3 is 2.50 bits per heavy atom. The fourth-order valence-corrected chi connectivity index (χ4v) is 4.54. The van der Waals surface area contributed by atoms with E-state index in [1.54, 1.807) is 11.0 Å². The topological polar surface area (TPSA) is 61.9 Å². The van der Waals surface area contributed by atoms with Gasteiger partial charge in [0.25, 0.3) is 0 Å². The molecule has 6 nitrogen and oxygen atoms in total. The van der Waals surface area contributed by atoms with Gasteiger partial charge in [-0.25, -0.2) is 9.18 Å². The molecule has 0 saturated carbocycles. The second kappa shape index (κ2) is 11.1. The molecular formula is C25H30Br2FN3O3. The number of carbonyl (C=O) groups is 2. The Labute approximate surface area is 217 Å². The number of nitrogens with one attached hydrogen (secondary N) is 1. The molecule has 0 radical (unpaired) electrons. The lowest BCUT2D eigenvalue weighted by atomic mass is 10.1. The van der Waals surface area contributed by atoms with Gasteiger partial charge >= 0.3 is 6.09 Å². The summed E-state index contributed by atoms with van der Waals surface area (Å²) in [5.74, 6) is -0.511. The number of ether oxygens (including phenoxy) is 1. The molecule has 0 aromatic heterocycles. The van der Waals surface area contributed by atoms with E-state index in [1.807, 2.05) is 50.8 Å². The molecular weight excluding hydrogens is 569 g/mol. The third kappa shape index (κ3) is 6.95. The minimum absolute atomic E-state index is 0.182. The van der Waals surface area contributed by atoms with E-state index in [1.165, 1.54) is 12.1 Å².